The van der Waals surface area contributed by atoms with Crippen LogP contribution in [0, 0.1) is 0 Å². The number of sulfonamides is 1. The summed E-state index contributed by atoms with van der Waals surface area (Å²) in [5.74, 6) is 0. The Hall–Kier alpha value is -0.620. The zero-order valence-electron chi connectivity index (χ0n) is 11.7. The Balaban J connectivity index is 2.07. The first-order valence-electron chi connectivity index (χ1n) is 7.04. The summed E-state index contributed by atoms with van der Waals surface area (Å²) in [7, 11) is -3.44. The molecule has 6 heteroatoms. The molecule has 1 aliphatic rings. The van der Waals surface area contributed by atoms with Crippen LogP contribution in [0.1, 0.15) is 38.2 Å². The number of halogens is 1. The van der Waals surface area contributed by atoms with Gasteiger partial charge in [0.2, 0.25) is 10.0 Å². The van der Waals surface area contributed by atoms with Crippen molar-refractivity contribution < 1.29 is 8.42 Å². The Morgan fingerprint density at radius 2 is 2.10 bits per heavy atom. The fourth-order valence-corrected chi connectivity index (χ4v) is 3.69. The first-order chi connectivity index (χ1) is 9.53. The van der Waals surface area contributed by atoms with Gasteiger partial charge in [-0.1, -0.05) is 31.0 Å². The molecule has 2 rings (SSSR count). The van der Waals surface area contributed by atoms with E-state index < -0.39 is 10.0 Å². The highest BCUT2D eigenvalue weighted by atomic mass is 35.5. The molecule has 1 fully saturated rings. The maximum absolute atomic E-state index is 12.2. The van der Waals surface area contributed by atoms with Crippen molar-refractivity contribution in [3.8, 4) is 0 Å². The molecule has 112 valence electrons. The summed E-state index contributed by atoms with van der Waals surface area (Å²) in [5.41, 5.74) is 0.919. The van der Waals surface area contributed by atoms with Crippen molar-refractivity contribution in [3.63, 3.8) is 0 Å². The van der Waals surface area contributed by atoms with Gasteiger partial charge in [-0.05, 0) is 43.5 Å². The molecule has 2 N–H and O–H groups in total. The van der Waals surface area contributed by atoms with Crippen LogP contribution in [0.15, 0.2) is 23.1 Å². The summed E-state index contributed by atoms with van der Waals surface area (Å²) < 4.78 is 27.1. The summed E-state index contributed by atoms with van der Waals surface area (Å²) >= 11 is 6.17. The average Bonchev–Trinajstić information content (AvgIpc) is 2.36. The van der Waals surface area contributed by atoms with Crippen LogP contribution in [0.25, 0.3) is 0 Å². The zero-order valence-corrected chi connectivity index (χ0v) is 13.2. The molecule has 0 unspecified atom stereocenters. The SMILES string of the molecule is CCCNCc1ccc(S(=O)(=O)NC2CCC2)cc1Cl. The summed E-state index contributed by atoms with van der Waals surface area (Å²) in [6, 6.07) is 5.02. The maximum atomic E-state index is 12.2. The van der Waals surface area contributed by atoms with E-state index in [0.29, 0.717) is 11.6 Å². The van der Waals surface area contributed by atoms with Gasteiger partial charge in [-0.3, -0.25) is 0 Å². The van der Waals surface area contributed by atoms with Crippen molar-refractivity contribution >= 4 is 21.6 Å². The molecule has 0 radical (unpaired) electrons. The molecule has 1 aliphatic carbocycles. The second-order valence-electron chi connectivity index (χ2n) is 5.18. The average molecular weight is 317 g/mol. The highest BCUT2D eigenvalue weighted by molar-refractivity contribution is 7.89. The van der Waals surface area contributed by atoms with E-state index >= 15 is 0 Å². The summed E-state index contributed by atoms with van der Waals surface area (Å²) in [5, 5.41) is 3.74. The molecule has 1 aromatic rings. The second-order valence-corrected chi connectivity index (χ2v) is 7.30. The first kappa shape index (κ1) is 15.8. The van der Waals surface area contributed by atoms with Crippen LogP contribution in [0.3, 0.4) is 0 Å². The lowest BCUT2D eigenvalue weighted by atomic mass is 9.94. The minimum absolute atomic E-state index is 0.0877. The number of hydrogen-bond donors (Lipinski definition) is 2. The summed E-state index contributed by atoms with van der Waals surface area (Å²) in [6.45, 7) is 3.67. The summed E-state index contributed by atoms with van der Waals surface area (Å²) in [4.78, 5) is 0.244. The van der Waals surface area contributed by atoms with E-state index in [4.69, 9.17) is 11.6 Å². The van der Waals surface area contributed by atoms with E-state index in [1.54, 1.807) is 12.1 Å². The van der Waals surface area contributed by atoms with Crippen LogP contribution in [0.4, 0.5) is 0 Å². The minimum Gasteiger partial charge on any atom is -0.313 e. The number of hydrogen-bond acceptors (Lipinski definition) is 3. The second kappa shape index (κ2) is 6.89. The molecular formula is C14H21ClN2O2S. The van der Waals surface area contributed by atoms with Crippen molar-refractivity contribution in [2.24, 2.45) is 0 Å². The van der Waals surface area contributed by atoms with E-state index in [1.165, 1.54) is 6.07 Å². The number of nitrogens with one attached hydrogen (secondary N) is 2. The molecule has 0 heterocycles. The summed E-state index contributed by atoms with van der Waals surface area (Å²) in [6.07, 6.45) is 3.99. The van der Waals surface area contributed by atoms with Gasteiger partial charge in [-0.25, -0.2) is 13.1 Å². The van der Waals surface area contributed by atoms with Crippen LogP contribution in [0.5, 0.6) is 0 Å². The molecular weight excluding hydrogens is 296 g/mol. The first-order valence-corrected chi connectivity index (χ1v) is 8.90. The van der Waals surface area contributed by atoms with Crippen LogP contribution >= 0.6 is 11.6 Å². The van der Waals surface area contributed by atoms with Gasteiger partial charge in [0, 0.05) is 17.6 Å². The molecule has 20 heavy (non-hydrogen) atoms. The van der Waals surface area contributed by atoms with E-state index in [0.717, 1.165) is 37.8 Å². The topological polar surface area (TPSA) is 58.2 Å². The monoisotopic (exact) mass is 316 g/mol. The molecule has 1 aromatic carbocycles. The van der Waals surface area contributed by atoms with Crippen LogP contribution < -0.4 is 10.0 Å². The van der Waals surface area contributed by atoms with E-state index in [2.05, 4.69) is 17.0 Å². The fourth-order valence-electron chi connectivity index (χ4n) is 2.05. The lowest BCUT2D eigenvalue weighted by molar-refractivity contribution is 0.383. The quantitative estimate of drug-likeness (QED) is 0.760. The Morgan fingerprint density at radius 1 is 1.35 bits per heavy atom. The van der Waals surface area contributed by atoms with Crippen molar-refractivity contribution in [2.45, 2.75) is 50.1 Å². The standard InChI is InChI=1S/C14H21ClN2O2S/c1-2-8-16-10-11-6-7-13(9-14(11)15)20(18,19)17-12-4-3-5-12/h6-7,9,12,16-17H,2-5,8,10H2,1H3. The lowest BCUT2D eigenvalue weighted by Crippen LogP contribution is -2.39. The maximum Gasteiger partial charge on any atom is 0.240 e. The fraction of sp³-hybridized carbons (Fsp3) is 0.571. The molecule has 0 saturated heterocycles. The van der Waals surface area contributed by atoms with Gasteiger partial charge in [0.25, 0.3) is 0 Å². The Labute approximate surface area is 126 Å². The highest BCUT2D eigenvalue weighted by Crippen LogP contribution is 2.24. The Kier molecular flexibility index (Phi) is 5.43. The van der Waals surface area contributed by atoms with Gasteiger partial charge < -0.3 is 5.32 Å². The van der Waals surface area contributed by atoms with Crippen molar-refractivity contribution in [1.82, 2.24) is 10.0 Å². The van der Waals surface area contributed by atoms with E-state index in [9.17, 15) is 8.42 Å². The molecule has 0 aliphatic heterocycles. The normalized spacial score (nSPS) is 16.1. The van der Waals surface area contributed by atoms with Crippen LogP contribution in [-0.2, 0) is 16.6 Å². The van der Waals surface area contributed by atoms with Crippen molar-refractivity contribution in [2.75, 3.05) is 6.54 Å². The molecule has 1 saturated carbocycles. The third-order valence-corrected chi connectivity index (χ3v) is 5.37. The van der Waals surface area contributed by atoms with Gasteiger partial charge in [0.15, 0.2) is 0 Å². The zero-order chi connectivity index (χ0) is 14.6. The number of benzene rings is 1. The number of rotatable bonds is 7. The predicted octanol–water partition coefficient (Wildman–Crippen LogP) is 2.67. The van der Waals surface area contributed by atoms with Gasteiger partial charge in [0.1, 0.15) is 0 Å². The van der Waals surface area contributed by atoms with Gasteiger partial charge >= 0.3 is 0 Å². The van der Waals surface area contributed by atoms with Gasteiger partial charge in [-0.15, -0.1) is 0 Å². The third-order valence-electron chi connectivity index (χ3n) is 3.50. The molecule has 0 aromatic heterocycles. The molecule has 0 amide bonds. The molecule has 0 spiro atoms. The van der Waals surface area contributed by atoms with E-state index in [1.807, 2.05) is 0 Å². The molecule has 0 bridgehead atoms. The minimum atomic E-state index is -3.44. The van der Waals surface area contributed by atoms with Gasteiger partial charge in [0.05, 0.1) is 4.90 Å². The largest absolute Gasteiger partial charge is 0.313 e. The van der Waals surface area contributed by atoms with Crippen LogP contribution in [-0.4, -0.2) is 21.0 Å². The van der Waals surface area contributed by atoms with Crippen molar-refractivity contribution in [1.29, 1.82) is 0 Å². The Bertz CT molecular complexity index is 556. The van der Waals surface area contributed by atoms with E-state index in [-0.39, 0.29) is 10.9 Å². The lowest BCUT2D eigenvalue weighted by Gasteiger charge is -2.26. The Morgan fingerprint density at radius 3 is 2.65 bits per heavy atom. The van der Waals surface area contributed by atoms with Crippen LogP contribution in [0.2, 0.25) is 5.02 Å². The smallest absolute Gasteiger partial charge is 0.240 e. The van der Waals surface area contributed by atoms with Gasteiger partial charge in [-0.2, -0.15) is 0 Å². The molecule has 4 nitrogen and oxygen atoms in total. The molecule has 0 atom stereocenters. The predicted molar refractivity (Wildman–Crippen MR) is 81.4 cm³/mol. The third kappa shape index (κ3) is 3.95. The van der Waals surface area contributed by atoms with Crippen molar-refractivity contribution in [3.05, 3.63) is 28.8 Å². The highest BCUT2D eigenvalue weighted by Gasteiger charge is 2.24.